The molecule has 0 radical (unpaired) electrons. The molecule has 0 unspecified atom stereocenters. The molecule has 2 heterocycles. The van der Waals surface area contributed by atoms with Crippen molar-refractivity contribution in [2.45, 2.75) is 56.9 Å². The summed E-state index contributed by atoms with van der Waals surface area (Å²) in [4.78, 5) is 19.2. The van der Waals surface area contributed by atoms with E-state index in [1.54, 1.807) is 26.0 Å². The van der Waals surface area contributed by atoms with Crippen LogP contribution in [0.5, 0.6) is 0 Å². The maximum Gasteiger partial charge on any atom is 0.313 e. The minimum atomic E-state index is -3.83. The zero-order chi connectivity index (χ0) is 21.5. The third-order valence-corrected chi connectivity index (χ3v) is 6.96. The highest BCUT2D eigenvalue weighted by molar-refractivity contribution is 7.89. The first-order valence-corrected chi connectivity index (χ1v) is 11.3. The van der Waals surface area contributed by atoms with Crippen molar-refractivity contribution in [2.24, 2.45) is 0 Å². The Morgan fingerprint density at radius 3 is 2.67 bits per heavy atom. The van der Waals surface area contributed by atoms with Crippen molar-refractivity contribution in [1.82, 2.24) is 19.8 Å². The van der Waals surface area contributed by atoms with Gasteiger partial charge in [-0.2, -0.15) is 0 Å². The fraction of sp³-hybridized carbons (Fsp3) is 0.450. The molecule has 0 bridgehead atoms. The number of imidazole rings is 1. The second kappa shape index (κ2) is 7.84. The molecule has 1 saturated carbocycles. The van der Waals surface area contributed by atoms with Crippen molar-refractivity contribution in [3.63, 3.8) is 0 Å². The molecule has 10 heteroatoms. The van der Waals surface area contributed by atoms with Gasteiger partial charge < -0.3 is 14.2 Å². The molecule has 2 N–H and O–H groups in total. The number of sulfonamides is 1. The molecular weight excluding hydrogens is 408 g/mol. The summed E-state index contributed by atoms with van der Waals surface area (Å²) in [7, 11) is -2.54. The number of nitrogens with one attached hydrogen (secondary N) is 2. The quantitative estimate of drug-likeness (QED) is 0.573. The summed E-state index contributed by atoms with van der Waals surface area (Å²) in [6, 6.07) is 3.31. The number of carbonyl (C=O) groups is 1. The number of aromatic amines is 1. The van der Waals surface area contributed by atoms with Gasteiger partial charge in [-0.3, -0.25) is 4.79 Å². The molecule has 9 nitrogen and oxygen atoms in total. The van der Waals surface area contributed by atoms with E-state index in [9.17, 15) is 13.2 Å². The number of benzene rings is 1. The summed E-state index contributed by atoms with van der Waals surface area (Å²) in [6.45, 7) is 3.58. The number of carbonyl (C=O) groups excluding carboxylic acids is 1. The maximum atomic E-state index is 13.3. The average Bonchev–Trinajstić information content (AvgIpc) is 3.41. The van der Waals surface area contributed by atoms with E-state index < -0.39 is 16.0 Å². The van der Waals surface area contributed by atoms with Crippen LogP contribution < -0.4 is 4.72 Å². The van der Waals surface area contributed by atoms with Crippen LogP contribution in [0.2, 0.25) is 0 Å². The summed E-state index contributed by atoms with van der Waals surface area (Å²) >= 11 is 0. The van der Waals surface area contributed by atoms with Gasteiger partial charge in [-0.25, -0.2) is 18.1 Å². The summed E-state index contributed by atoms with van der Waals surface area (Å²) in [5.41, 5.74) is 2.85. The number of aryl methyl sites for hydroxylation is 2. The average molecular weight is 433 g/mol. The Morgan fingerprint density at radius 2 is 2.03 bits per heavy atom. The van der Waals surface area contributed by atoms with Crippen LogP contribution >= 0.6 is 0 Å². The third-order valence-electron chi connectivity index (χ3n) is 5.43. The van der Waals surface area contributed by atoms with Gasteiger partial charge in [0, 0.05) is 11.6 Å². The summed E-state index contributed by atoms with van der Waals surface area (Å²) < 4.78 is 39.4. The highest BCUT2D eigenvalue weighted by atomic mass is 32.2. The van der Waals surface area contributed by atoms with Crippen molar-refractivity contribution in [1.29, 1.82) is 0 Å². The Balaban J connectivity index is 1.87. The Labute approximate surface area is 174 Å². The van der Waals surface area contributed by atoms with Gasteiger partial charge in [-0.1, -0.05) is 18.0 Å². The molecule has 2 aromatic heterocycles. The van der Waals surface area contributed by atoms with Crippen molar-refractivity contribution >= 4 is 27.0 Å². The number of aromatic nitrogens is 3. The van der Waals surface area contributed by atoms with Crippen LogP contribution in [0.25, 0.3) is 22.2 Å². The lowest BCUT2D eigenvalue weighted by Crippen LogP contribution is -2.32. The largest absolute Gasteiger partial charge is 0.469 e. The highest BCUT2D eigenvalue weighted by Gasteiger charge is 2.27. The molecular formula is C20H24N4O5S. The Kier molecular flexibility index (Phi) is 5.37. The van der Waals surface area contributed by atoms with E-state index >= 15 is 0 Å². The van der Waals surface area contributed by atoms with Gasteiger partial charge in [0.05, 0.1) is 18.3 Å². The number of nitrogens with zero attached hydrogens (tertiary/aromatic N) is 2. The lowest BCUT2D eigenvalue weighted by Gasteiger charge is -2.14. The number of fused-ring (bicyclic) bond motifs is 1. The molecule has 0 amide bonds. The van der Waals surface area contributed by atoms with Crippen LogP contribution in [0, 0.1) is 13.8 Å². The minimum absolute atomic E-state index is 0.0641. The van der Waals surface area contributed by atoms with E-state index in [0.29, 0.717) is 28.4 Å². The first-order chi connectivity index (χ1) is 14.3. The Bertz CT molecular complexity index is 1190. The summed E-state index contributed by atoms with van der Waals surface area (Å²) in [5, 5.41) is 3.98. The van der Waals surface area contributed by atoms with Crippen LogP contribution in [-0.4, -0.2) is 42.7 Å². The van der Waals surface area contributed by atoms with Crippen molar-refractivity contribution in [2.75, 3.05) is 7.11 Å². The molecule has 0 saturated heterocycles. The molecule has 0 spiro atoms. The zero-order valence-corrected chi connectivity index (χ0v) is 17.9. The van der Waals surface area contributed by atoms with Crippen LogP contribution in [0.1, 0.15) is 43.0 Å². The minimum Gasteiger partial charge on any atom is -0.469 e. The van der Waals surface area contributed by atoms with Gasteiger partial charge in [-0.15, -0.1) is 0 Å². The highest BCUT2D eigenvalue weighted by Crippen LogP contribution is 2.33. The van der Waals surface area contributed by atoms with Crippen LogP contribution in [0.3, 0.4) is 0 Å². The van der Waals surface area contributed by atoms with Gasteiger partial charge in [-0.05, 0) is 44.4 Å². The molecule has 1 fully saturated rings. The van der Waals surface area contributed by atoms with Crippen molar-refractivity contribution in [3.05, 3.63) is 29.4 Å². The third kappa shape index (κ3) is 3.84. The van der Waals surface area contributed by atoms with Crippen LogP contribution in [0.15, 0.2) is 21.6 Å². The predicted molar refractivity (Wildman–Crippen MR) is 109 cm³/mol. The van der Waals surface area contributed by atoms with Crippen LogP contribution in [0.4, 0.5) is 0 Å². The normalized spacial score (nSPS) is 15.2. The van der Waals surface area contributed by atoms with Gasteiger partial charge in [0.25, 0.3) is 0 Å². The van der Waals surface area contributed by atoms with Crippen LogP contribution in [-0.2, 0) is 26.0 Å². The lowest BCUT2D eigenvalue weighted by atomic mass is 10.0. The molecule has 1 aliphatic carbocycles. The molecule has 160 valence electrons. The van der Waals surface area contributed by atoms with E-state index in [1.165, 1.54) is 7.11 Å². The first-order valence-electron chi connectivity index (χ1n) is 9.83. The van der Waals surface area contributed by atoms with Crippen molar-refractivity contribution in [3.8, 4) is 11.1 Å². The predicted octanol–water partition coefficient (Wildman–Crippen LogP) is 2.77. The van der Waals surface area contributed by atoms with Gasteiger partial charge in [0.15, 0.2) is 0 Å². The fourth-order valence-electron chi connectivity index (χ4n) is 4.00. The second-order valence-electron chi connectivity index (χ2n) is 7.61. The molecule has 1 aliphatic rings. The Morgan fingerprint density at radius 1 is 1.30 bits per heavy atom. The van der Waals surface area contributed by atoms with Gasteiger partial charge in [0.1, 0.15) is 28.4 Å². The zero-order valence-electron chi connectivity index (χ0n) is 17.1. The lowest BCUT2D eigenvalue weighted by molar-refractivity contribution is -0.139. The number of esters is 1. The molecule has 1 aromatic carbocycles. The first kappa shape index (κ1) is 20.5. The molecule has 30 heavy (non-hydrogen) atoms. The number of methoxy groups -OCH3 is 1. The Hall–Kier alpha value is -2.72. The number of hydrogen-bond donors (Lipinski definition) is 2. The summed E-state index contributed by atoms with van der Waals surface area (Å²) in [6.07, 6.45) is 3.57. The smallest absolute Gasteiger partial charge is 0.313 e. The topological polar surface area (TPSA) is 127 Å². The monoisotopic (exact) mass is 432 g/mol. The number of H-pyrrole nitrogens is 1. The SMILES string of the molecule is COC(=O)Cc1nc2c(S(=O)(=O)NC3CCCC3)cc(-c3c(C)noc3C)cc2[nH]1. The molecule has 0 atom stereocenters. The van der Waals surface area contributed by atoms with E-state index in [1.807, 2.05) is 0 Å². The molecule has 4 rings (SSSR count). The maximum absolute atomic E-state index is 13.3. The van der Waals surface area contributed by atoms with E-state index in [4.69, 9.17) is 9.26 Å². The number of rotatable bonds is 6. The van der Waals surface area contributed by atoms with Crippen molar-refractivity contribution < 1.29 is 22.5 Å². The van der Waals surface area contributed by atoms with E-state index in [0.717, 1.165) is 31.2 Å². The fourth-order valence-corrected chi connectivity index (χ4v) is 5.49. The second-order valence-corrected chi connectivity index (χ2v) is 9.29. The molecule has 0 aliphatic heterocycles. The van der Waals surface area contributed by atoms with E-state index in [-0.39, 0.29) is 22.9 Å². The van der Waals surface area contributed by atoms with Gasteiger partial charge >= 0.3 is 5.97 Å². The standard InChI is InChI=1S/C20H24N4O5S/c1-11-19(12(2)29-23-11)13-8-15-20(22-17(21-15)10-18(25)28-3)16(9-13)30(26,27)24-14-6-4-5-7-14/h8-9,14,24H,4-7,10H2,1-3H3,(H,21,22). The molecule has 3 aromatic rings. The van der Waals surface area contributed by atoms with E-state index in [2.05, 4.69) is 19.8 Å². The number of hydrogen-bond acceptors (Lipinski definition) is 7. The summed E-state index contributed by atoms with van der Waals surface area (Å²) in [5.74, 6) is 0.465. The van der Waals surface area contributed by atoms with Gasteiger partial charge in [0.2, 0.25) is 10.0 Å². The number of ether oxygens (including phenoxy) is 1.